The maximum atomic E-state index is 13.6. The van der Waals surface area contributed by atoms with E-state index < -0.39 is 52.6 Å². The second-order valence-electron chi connectivity index (χ2n) is 9.06. The Hall–Kier alpha value is -1.50. The predicted octanol–water partition coefficient (Wildman–Crippen LogP) is 4.42. The minimum absolute atomic E-state index is 0.0241. The first-order valence-corrected chi connectivity index (χ1v) is 18.1. The van der Waals surface area contributed by atoms with Crippen molar-refractivity contribution in [3.05, 3.63) is 58.2 Å². The van der Waals surface area contributed by atoms with E-state index in [1.54, 1.807) is 30.3 Å². The van der Waals surface area contributed by atoms with Crippen LogP contribution in [0, 0.1) is 20.3 Å². The van der Waals surface area contributed by atoms with Gasteiger partial charge in [-0.1, -0.05) is 0 Å². The van der Waals surface area contributed by atoms with Crippen molar-refractivity contribution < 1.29 is 28.9 Å². The summed E-state index contributed by atoms with van der Waals surface area (Å²) in [4.78, 5) is 12.8. The summed E-state index contributed by atoms with van der Waals surface area (Å²) >= 11 is -3.83. The Kier molecular flexibility index (Phi) is 6.43. The normalized spacial score (nSPS) is 24.6. The number of ketones is 1. The van der Waals surface area contributed by atoms with E-state index in [0.29, 0.717) is 22.2 Å². The summed E-state index contributed by atoms with van der Waals surface area (Å²) in [6.07, 6.45) is 1.64. The number of ether oxygens (including phenoxy) is 1. The molecule has 180 valence electrons. The average molecular weight is 607 g/mol. The van der Waals surface area contributed by atoms with Crippen molar-refractivity contribution in [1.82, 2.24) is 0 Å². The summed E-state index contributed by atoms with van der Waals surface area (Å²) in [6, 6.07) is 14.0. The van der Waals surface area contributed by atoms with Gasteiger partial charge in [-0.05, 0) is 0 Å². The number of hydrogen-bond donors (Lipinski definition) is 0. The van der Waals surface area contributed by atoms with Gasteiger partial charge >= 0.3 is 202 Å². The molecule has 0 radical (unpaired) electrons. The molecule has 2 bridgehead atoms. The van der Waals surface area contributed by atoms with Gasteiger partial charge in [0.05, 0.1) is 0 Å². The van der Waals surface area contributed by atoms with Crippen LogP contribution in [0.4, 0.5) is 0 Å². The van der Waals surface area contributed by atoms with Gasteiger partial charge in [0.2, 0.25) is 0 Å². The van der Waals surface area contributed by atoms with E-state index >= 15 is 0 Å². The molecule has 0 N–H and O–H groups in total. The van der Waals surface area contributed by atoms with Gasteiger partial charge in [0, 0.05) is 0 Å². The molecule has 2 aromatic rings. The topological polar surface area (TPSA) is 104 Å². The minimum atomic E-state index is -4.32. The van der Waals surface area contributed by atoms with Crippen LogP contribution in [0.1, 0.15) is 33.1 Å². The van der Waals surface area contributed by atoms with Crippen LogP contribution in [0.5, 0.6) is 5.75 Å². The van der Waals surface area contributed by atoms with Crippen molar-refractivity contribution in [2.24, 2.45) is 16.7 Å². The van der Waals surface area contributed by atoms with E-state index in [9.17, 15) is 21.6 Å². The molecule has 2 atom stereocenters. The molecule has 2 saturated carbocycles. The Bertz CT molecular complexity index is 1260. The molecule has 2 aliphatic carbocycles. The first-order chi connectivity index (χ1) is 15.4. The number of halogens is 1. The molecule has 33 heavy (non-hydrogen) atoms. The molecule has 4 rings (SSSR count). The van der Waals surface area contributed by atoms with Crippen molar-refractivity contribution in [3.63, 3.8) is 0 Å². The number of carbonyl (C=O) groups is 1. The van der Waals surface area contributed by atoms with Gasteiger partial charge in [-0.2, -0.15) is 0 Å². The Labute approximate surface area is 201 Å². The first-order valence-electron chi connectivity index (χ1n) is 10.5. The van der Waals surface area contributed by atoms with Crippen LogP contribution in [-0.4, -0.2) is 35.5 Å². The van der Waals surface area contributed by atoms with Gasteiger partial charge in [-0.25, -0.2) is 0 Å². The summed E-state index contributed by atoms with van der Waals surface area (Å²) in [5.74, 6) is 0.0850. The van der Waals surface area contributed by atoms with E-state index in [1.165, 1.54) is 31.4 Å². The second kappa shape index (κ2) is 8.62. The zero-order chi connectivity index (χ0) is 24.1. The summed E-state index contributed by atoms with van der Waals surface area (Å²) in [6.45, 7) is 3.87. The van der Waals surface area contributed by atoms with Gasteiger partial charge < -0.3 is 0 Å². The zero-order valence-electron chi connectivity index (χ0n) is 18.7. The number of methoxy groups -OCH3 is 1. The van der Waals surface area contributed by atoms with Crippen LogP contribution in [0.15, 0.2) is 59.5 Å². The molecule has 7 nitrogen and oxygen atoms in total. The van der Waals surface area contributed by atoms with Crippen LogP contribution >= 0.6 is 18.8 Å². The molecule has 10 heteroatoms. The van der Waals surface area contributed by atoms with E-state index in [1.807, 2.05) is 13.8 Å². The Morgan fingerprint density at radius 3 is 2.15 bits per heavy atom. The summed E-state index contributed by atoms with van der Waals surface area (Å²) in [5, 5.41) is 0. The molecule has 0 aliphatic heterocycles. The number of Topliss-reactive ketones (excluding diaryl/α,β-unsaturated/α-hetero) is 1. The van der Waals surface area contributed by atoms with Crippen molar-refractivity contribution in [2.45, 2.75) is 38.0 Å². The average Bonchev–Trinajstić information content (AvgIpc) is 3.12. The van der Waals surface area contributed by atoms with Crippen molar-refractivity contribution in [3.8, 4) is 5.75 Å². The van der Waals surface area contributed by atoms with E-state index in [-0.39, 0.29) is 16.6 Å². The van der Waals surface area contributed by atoms with Gasteiger partial charge in [0.15, 0.2) is 0 Å². The van der Waals surface area contributed by atoms with Crippen LogP contribution in [-0.2, 0) is 24.4 Å². The fourth-order valence-electron chi connectivity index (χ4n) is 5.04. The number of rotatable bonds is 8. The Morgan fingerprint density at radius 1 is 1.00 bits per heavy atom. The third-order valence-corrected chi connectivity index (χ3v) is 20.8. The van der Waals surface area contributed by atoms with Gasteiger partial charge in [-0.3, -0.25) is 0 Å². The zero-order valence-corrected chi connectivity index (χ0v) is 22.4. The number of hydrogen-bond acceptors (Lipinski definition) is 7. The molecule has 2 fully saturated rings. The number of fused-ring (bicyclic) bond motifs is 2. The van der Waals surface area contributed by atoms with Gasteiger partial charge in [0.1, 0.15) is 0 Å². The van der Waals surface area contributed by atoms with E-state index in [2.05, 4.69) is 0 Å². The maximum absolute atomic E-state index is 13.6. The second-order valence-corrected chi connectivity index (χ2v) is 20.9. The van der Waals surface area contributed by atoms with Crippen molar-refractivity contribution in [1.29, 1.82) is 0 Å². The quantitative estimate of drug-likeness (QED) is 0.324. The number of carbonyl (C=O) groups excluding carboxylic acids is 1. The number of benzene rings is 2. The van der Waals surface area contributed by atoms with Crippen LogP contribution in [0.3, 0.4) is 0 Å². The molecule has 2 unspecified atom stereocenters. The molecular formula is C23H27IO7S2. The SMILES string of the molecule is COc1ccc(S(=O)(=O)I(OS(=O)(=O)CC23CCC(CC2=O)C3(C)C)c2ccccc2)cc1. The van der Waals surface area contributed by atoms with E-state index in [0.717, 1.165) is 6.42 Å². The van der Waals surface area contributed by atoms with E-state index in [4.69, 9.17) is 7.25 Å². The summed E-state index contributed by atoms with van der Waals surface area (Å²) in [7, 11) is -6.94. The Balaban J connectivity index is 1.71. The molecule has 0 heterocycles. The first kappa shape index (κ1) is 24.6. The molecular weight excluding hydrogens is 579 g/mol. The van der Waals surface area contributed by atoms with Crippen molar-refractivity contribution >= 4 is 41.8 Å². The molecule has 0 aromatic heterocycles. The standard InChI is InChI=1S/C23H27IO7S2/c1-22(2)17-13-14-23(22,21(25)15-17)16-32(26,27)31-24(18-7-5-4-6-8-18)33(28,29)20-11-9-19(30-3)10-12-20/h4-12,17H,13-16H2,1-3H3. The van der Waals surface area contributed by atoms with Crippen molar-refractivity contribution in [2.75, 3.05) is 12.9 Å². The fraction of sp³-hybridized carbons (Fsp3) is 0.435. The molecule has 2 aliphatic rings. The molecule has 0 amide bonds. The van der Waals surface area contributed by atoms with Gasteiger partial charge in [0.25, 0.3) is 0 Å². The molecule has 2 aromatic carbocycles. The van der Waals surface area contributed by atoms with Crippen LogP contribution < -0.4 is 4.74 Å². The van der Waals surface area contributed by atoms with Crippen LogP contribution in [0.2, 0.25) is 0 Å². The van der Waals surface area contributed by atoms with Crippen LogP contribution in [0.25, 0.3) is 0 Å². The fourth-order valence-corrected chi connectivity index (χ4v) is 19.5. The Morgan fingerprint density at radius 2 is 1.64 bits per heavy atom. The summed E-state index contributed by atoms with van der Waals surface area (Å²) in [5.41, 5.74) is -1.50. The monoisotopic (exact) mass is 606 g/mol. The molecule has 0 spiro atoms. The third kappa shape index (κ3) is 4.23. The summed E-state index contributed by atoms with van der Waals surface area (Å²) < 4.78 is 64.9. The van der Waals surface area contributed by atoms with Gasteiger partial charge in [-0.15, -0.1) is 0 Å². The molecule has 0 saturated heterocycles. The predicted molar refractivity (Wildman–Crippen MR) is 133 cm³/mol. The third-order valence-electron chi connectivity index (χ3n) is 7.15.